The third-order valence-electron chi connectivity index (χ3n) is 4.01. The van der Waals surface area contributed by atoms with E-state index in [2.05, 4.69) is 11.0 Å². The highest BCUT2D eigenvalue weighted by molar-refractivity contribution is 5.32. The number of nitriles is 1. The van der Waals surface area contributed by atoms with E-state index in [0.717, 1.165) is 24.9 Å². The van der Waals surface area contributed by atoms with E-state index in [9.17, 15) is 10.2 Å². The molecule has 1 aliphatic heterocycles. The number of likely N-dealkylation sites (tertiary alicyclic amines) is 1. The minimum absolute atomic E-state index is 0.0931. The highest BCUT2D eigenvalue weighted by Gasteiger charge is 2.36. The summed E-state index contributed by atoms with van der Waals surface area (Å²) in [6, 6.07) is 9.18. The second-order valence-electron chi connectivity index (χ2n) is 6.06. The molecular formula is C16H22N2O2. The van der Waals surface area contributed by atoms with Crippen LogP contribution in [0, 0.1) is 11.3 Å². The lowest BCUT2D eigenvalue weighted by Crippen LogP contribution is -2.46. The monoisotopic (exact) mass is 274 g/mol. The van der Waals surface area contributed by atoms with Gasteiger partial charge in [-0.25, -0.2) is 0 Å². The topological polar surface area (TPSA) is 67.5 Å². The smallest absolute Gasteiger partial charge is 0.0991 e. The van der Waals surface area contributed by atoms with E-state index < -0.39 is 11.7 Å². The Balaban J connectivity index is 2.03. The van der Waals surface area contributed by atoms with Gasteiger partial charge >= 0.3 is 0 Å². The number of benzene rings is 1. The number of nitrogens with zero attached hydrogens (tertiary/aromatic N) is 2. The van der Waals surface area contributed by atoms with Gasteiger partial charge < -0.3 is 10.2 Å². The molecule has 20 heavy (non-hydrogen) atoms. The average Bonchev–Trinajstić information content (AvgIpc) is 2.87. The van der Waals surface area contributed by atoms with Crippen LogP contribution in [-0.4, -0.2) is 39.8 Å². The normalized spacial score (nSPS) is 21.6. The van der Waals surface area contributed by atoms with E-state index in [0.29, 0.717) is 12.1 Å². The maximum absolute atomic E-state index is 10.3. The number of rotatable bonds is 4. The second kappa shape index (κ2) is 5.92. The Morgan fingerprint density at radius 1 is 1.40 bits per heavy atom. The van der Waals surface area contributed by atoms with Crippen molar-refractivity contribution < 1.29 is 10.2 Å². The Morgan fingerprint density at radius 2 is 2.05 bits per heavy atom. The molecule has 2 unspecified atom stereocenters. The Kier molecular flexibility index (Phi) is 4.44. The van der Waals surface area contributed by atoms with Crippen LogP contribution in [-0.2, 0) is 0 Å². The first kappa shape index (κ1) is 15.0. The van der Waals surface area contributed by atoms with Crippen molar-refractivity contribution in [1.82, 2.24) is 4.90 Å². The quantitative estimate of drug-likeness (QED) is 0.879. The van der Waals surface area contributed by atoms with E-state index in [1.807, 2.05) is 13.8 Å². The molecule has 1 heterocycles. The first-order valence-corrected chi connectivity index (χ1v) is 7.06. The molecule has 0 amide bonds. The van der Waals surface area contributed by atoms with E-state index >= 15 is 0 Å². The molecule has 1 aromatic carbocycles. The Hall–Kier alpha value is -1.41. The van der Waals surface area contributed by atoms with Gasteiger partial charge in [0.25, 0.3) is 0 Å². The summed E-state index contributed by atoms with van der Waals surface area (Å²) in [6.07, 6.45) is 1.42. The molecule has 2 N–H and O–H groups in total. The molecule has 4 heteroatoms. The number of aliphatic hydroxyl groups is 2. The van der Waals surface area contributed by atoms with Gasteiger partial charge in [-0.2, -0.15) is 5.26 Å². The standard InChI is InChI=1S/C16H22N2O2/c1-16(2,20)15-4-3-9-18(15)11-14(19)13-7-5-12(10-17)6-8-13/h5-8,14-15,19-20H,3-4,9,11H2,1-2H3. The van der Waals surface area contributed by atoms with Crippen LogP contribution in [0.3, 0.4) is 0 Å². The number of β-amino-alcohol motifs (C(OH)–C–C–N with tert-alkyl or cyclic N) is 1. The van der Waals surface area contributed by atoms with Crippen molar-refractivity contribution in [2.24, 2.45) is 0 Å². The van der Waals surface area contributed by atoms with E-state index in [1.165, 1.54) is 0 Å². The molecule has 2 atom stereocenters. The van der Waals surface area contributed by atoms with Crippen LogP contribution in [0.15, 0.2) is 24.3 Å². The van der Waals surface area contributed by atoms with Crippen molar-refractivity contribution in [1.29, 1.82) is 5.26 Å². The number of aliphatic hydroxyl groups excluding tert-OH is 1. The van der Waals surface area contributed by atoms with Crippen LogP contribution in [0.4, 0.5) is 0 Å². The van der Waals surface area contributed by atoms with Crippen molar-refractivity contribution in [2.45, 2.75) is 44.4 Å². The molecule has 0 aliphatic carbocycles. The average molecular weight is 274 g/mol. The summed E-state index contributed by atoms with van der Waals surface area (Å²) < 4.78 is 0. The Labute approximate surface area is 120 Å². The van der Waals surface area contributed by atoms with Gasteiger partial charge in [0.15, 0.2) is 0 Å². The number of hydrogen-bond acceptors (Lipinski definition) is 4. The lowest BCUT2D eigenvalue weighted by molar-refractivity contribution is -0.0160. The van der Waals surface area contributed by atoms with E-state index in [1.54, 1.807) is 24.3 Å². The number of hydrogen-bond donors (Lipinski definition) is 2. The predicted octanol–water partition coefficient (Wildman–Crippen LogP) is 1.83. The summed E-state index contributed by atoms with van der Waals surface area (Å²) in [4.78, 5) is 2.16. The lowest BCUT2D eigenvalue weighted by atomic mass is 9.96. The Morgan fingerprint density at radius 3 is 2.60 bits per heavy atom. The second-order valence-corrected chi connectivity index (χ2v) is 6.06. The fraction of sp³-hybridized carbons (Fsp3) is 0.562. The van der Waals surface area contributed by atoms with Crippen LogP contribution in [0.1, 0.15) is 43.9 Å². The van der Waals surface area contributed by atoms with Gasteiger partial charge in [-0.05, 0) is 50.9 Å². The zero-order chi connectivity index (χ0) is 14.8. The summed E-state index contributed by atoms with van der Waals surface area (Å²) in [5, 5.41) is 29.3. The van der Waals surface area contributed by atoms with Gasteiger partial charge in [-0.15, -0.1) is 0 Å². The minimum atomic E-state index is -0.749. The first-order valence-electron chi connectivity index (χ1n) is 7.06. The van der Waals surface area contributed by atoms with E-state index in [-0.39, 0.29) is 6.04 Å². The molecule has 2 rings (SSSR count). The summed E-state index contributed by atoms with van der Waals surface area (Å²) in [7, 11) is 0. The summed E-state index contributed by atoms with van der Waals surface area (Å²) in [5.74, 6) is 0. The molecule has 0 aromatic heterocycles. The fourth-order valence-electron chi connectivity index (χ4n) is 2.95. The van der Waals surface area contributed by atoms with Gasteiger partial charge in [0.05, 0.1) is 23.3 Å². The summed E-state index contributed by atoms with van der Waals surface area (Å²) in [6.45, 7) is 5.07. The van der Waals surface area contributed by atoms with Crippen LogP contribution in [0.2, 0.25) is 0 Å². The molecule has 0 bridgehead atoms. The van der Waals surface area contributed by atoms with Crippen molar-refractivity contribution >= 4 is 0 Å². The maximum Gasteiger partial charge on any atom is 0.0991 e. The molecule has 1 saturated heterocycles. The molecule has 0 spiro atoms. The third kappa shape index (κ3) is 3.37. The van der Waals surface area contributed by atoms with Crippen molar-refractivity contribution in [3.63, 3.8) is 0 Å². The molecule has 1 aromatic rings. The fourth-order valence-corrected chi connectivity index (χ4v) is 2.95. The summed E-state index contributed by atoms with van der Waals surface area (Å²) >= 11 is 0. The maximum atomic E-state index is 10.3. The van der Waals surface area contributed by atoms with Crippen LogP contribution in [0.5, 0.6) is 0 Å². The Bertz CT molecular complexity index is 485. The third-order valence-corrected chi connectivity index (χ3v) is 4.01. The minimum Gasteiger partial charge on any atom is -0.389 e. The van der Waals surface area contributed by atoms with Crippen LogP contribution >= 0.6 is 0 Å². The first-order chi connectivity index (χ1) is 9.41. The molecule has 1 fully saturated rings. The molecule has 0 radical (unpaired) electrons. The molecule has 4 nitrogen and oxygen atoms in total. The van der Waals surface area contributed by atoms with Crippen molar-refractivity contribution in [2.75, 3.05) is 13.1 Å². The highest BCUT2D eigenvalue weighted by atomic mass is 16.3. The molecule has 108 valence electrons. The summed E-state index contributed by atoms with van der Waals surface area (Å²) in [5.41, 5.74) is 0.655. The molecular weight excluding hydrogens is 252 g/mol. The lowest BCUT2D eigenvalue weighted by Gasteiger charge is -2.34. The van der Waals surface area contributed by atoms with Crippen LogP contribution in [0.25, 0.3) is 0 Å². The van der Waals surface area contributed by atoms with Crippen LogP contribution < -0.4 is 0 Å². The molecule has 0 saturated carbocycles. The van der Waals surface area contributed by atoms with Gasteiger partial charge in [-0.3, -0.25) is 4.90 Å². The van der Waals surface area contributed by atoms with Crippen molar-refractivity contribution in [3.05, 3.63) is 35.4 Å². The zero-order valence-corrected chi connectivity index (χ0v) is 12.1. The zero-order valence-electron chi connectivity index (χ0n) is 12.1. The van der Waals surface area contributed by atoms with Crippen molar-refractivity contribution in [3.8, 4) is 6.07 Å². The SMILES string of the molecule is CC(C)(O)C1CCCN1CC(O)c1ccc(C#N)cc1. The highest BCUT2D eigenvalue weighted by Crippen LogP contribution is 2.28. The van der Waals surface area contributed by atoms with E-state index in [4.69, 9.17) is 5.26 Å². The van der Waals surface area contributed by atoms with Gasteiger partial charge in [-0.1, -0.05) is 12.1 Å². The largest absolute Gasteiger partial charge is 0.389 e. The predicted molar refractivity (Wildman–Crippen MR) is 77.0 cm³/mol. The molecule has 1 aliphatic rings. The van der Waals surface area contributed by atoms with Gasteiger partial charge in [0.1, 0.15) is 0 Å². The van der Waals surface area contributed by atoms with Gasteiger partial charge in [0, 0.05) is 12.6 Å². The van der Waals surface area contributed by atoms with Gasteiger partial charge in [0.2, 0.25) is 0 Å².